The van der Waals surface area contributed by atoms with Crippen LogP contribution in [0.3, 0.4) is 0 Å². The average molecular weight is 256 g/mol. The van der Waals surface area contributed by atoms with Crippen molar-refractivity contribution in [3.05, 3.63) is 29.8 Å². The fourth-order valence-corrected chi connectivity index (χ4v) is 3.67. The van der Waals surface area contributed by atoms with Crippen molar-refractivity contribution in [1.82, 2.24) is 10.3 Å². The molecule has 1 fully saturated rings. The van der Waals surface area contributed by atoms with Gasteiger partial charge >= 0.3 is 0 Å². The molecule has 0 aromatic carbocycles. The van der Waals surface area contributed by atoms with E-state index in [-0.39, 0.29) is 22.6 Å². The molecule has 1 aromatic rings. The van der Waals surface area contributed by atoms with Gasteiger partial charge in [0, 0.05) is 22.1 Å². The predicted octanol–water partition coefficient (Wildman–Crippen LogP) is 1.78. The van der Waals surface area contributed by atoms with Gasteiger partial charge in [-0.15, -0.1) is 0 Å². The number of halogens is 1. The lowest BCUT2D eigenvalue weighted by Crippen LogP contribution is -2.55. The monoisotopic (exact) mass is 256 g/mol. The van der Waals surface area contributed by atoms with E-state index in [2.05, 4.69) is 10.3 Å². The highest BCUT2D eigenvalue weighted by atomic mass is 32.2. The van der Waals surface area contributed by atoms with Crippen LogP contribution in [-0.4, -0.2) is 25.7 Å². The number of aromatic nitrogens is 1. The number of rotatable bonds is 1. The smallest absolute Gasteiger partial charge is 0.141 e. The van der Waals surface area contributed by atoms with Gasteiger partial charge in [0.15, 0.2) is 0 Å². The number of nitrogens with zero attached hydrogens (tertiary/aromatic N) is 1. The van der Waals surface area contributed by atoms with Crippen molar-refractivity contribution >= 4 is 10.8 Å². The average Bonchev–Trinajstić information content (AvgIpc) is 2.24. The molecule has 0 amide bonds. The van der Waals surface area contributed by atoms with Gasteiger partial charge in [0.1, 0.15) is 5.82 Å². The molecule has 17 heavy (non-hydrogen) atoms. The fraction of sp³-hybridized carbons (Fsp3) is 0.583. The summed E-state index contributed by atoms with van der Waals surface area (Å²) in [7, 11) is -0.887. The van der Waals surface area contributed by atoms with Crippen LogP contribution >= 0.6 is 0 Å². The molecule has 2 heterocycles. The van der Waals surface area contributed by atoms with Crippen LogP contribution < -0.4 is 5.32 Å². The third kappa shape index (κ3) is 2.72. The lowest BCUT2D eigenvalue weighted by atomic mass is 10.0. The Bertz CT molecular complexity index is 433. The van der Waals surface area contributed by atoms with Crippen LogP contribution in [0.2, 0.25) is 0 Å². The maximum Gasteiger partial charge on any atom is 0.141 e. The Morgan fingerprint density at radius 3 is 2.82 bits per heavy atom. The van der Waals surface area contributed by atoms with Gasteiger partial charge in [-0.05, 0) is 32.9 Å². The molecule has 0 radical (unpaired) electrons. The summed E-state index contributed by atoms with van der Waals surface area (Å²) in [5.41, 5.74) is 0.568. The normalized spacial score (nSPS) is 32.4. The van der Waals surface area contributed by atoms with E-state index in [0.717, 1.165) is 5.69 Å². The minimum Gasteiger partial charge on any atom is -0.302 e. The van der Waals surface area contributed by atoms with E-state index in [1.165, 1.54) is 12.3 Å². The molecule has 1 N–H and O–H groups in total. The minimum atomic E-state index is -0.887. The van der Waals surface area contributed by atoms with E-state index in [1.54, 1.807) is 6.07 Å². The number of hydrogen-bond donors (Lipinski definition) is 1. The summed E-state index contributed by atoms with van der Waals surface area (Å²) in [6.07, 6.45) is 1.20. The van der Waals surface area contributed by atoms with E-state index in [4.69, 9.17) is 0 Å². The first-order chi connectivity index (χ1) is 7.89. The molecule has 3 nitrogen and oxygen atoms in total. The Morgan fingerprint density at radius 1 is 1.53 bits per heavy atom. The Hall–Kier alpha value is -0.810. The number of nitrogens with one attached hydrogen (secondary N) is 1. The van der Waals surface area contributed by atoms with Gasteiger partial charge in [-0.2, -0.15) is 0 Å². The van der Waals surface area contributed by atoms with Gasteiger partial charge in [-0.1, -0.05) is 0 Å². The maximum absolute atomic E-state index is 12.8. The van der Waals surface area contributed by atoms with Gasteiger partial charge in [0.25, 0.3) is 0 Å². The molecule has 1 aromatic heterocycles. The maximum atomic E-state index is 12.8. The lowest BCUT2D eigenvalue weighted by molar-refractivity contribution is 0.339. The summed E-state index contributed by atoms with van der Waals surface area (Å²) < 4.78 is 24.9. The molecular formula is C12H17FN2OS. The molecule has 3 atom stereocenters. The highest BCUT2D eigenvalue weighted by Crippen LogP contribution is 2.28. The van der Waals surface area contributed by atoms with Crippen LogP contribution in [-0.2, 0) is 10.8 Å². The van der Waals surface area contributed by atoms with Crippen LogP contribution in [0.15, 0.2) is 18.3 Å². The van der Waals surface area contributed by atoms with Gasteiger partial charge in [0.2, 0.25) is 0 Å². The van der Waals surface area contributed by atoms with Crippen molar-refractivity contribution in [3.63, 3.8) is 0 Å². The first-order valence-corrected chi connectivity index (χ1v) is 7.03. The van der Waals surface area contributed by atoms with Crippen molar-refractivity contribution < 1.29 is 8.60 Å². The summed E-state index contributed by atoms with van der Waals surface area (Å²) >= 11 is 0. The topological polar surface area (TPSA) is 42.0 Å². The third-order valence-electron chi connectivity index (χ3n) is 3.00. The molecule has 3 unspecified atom stereocenters. The predicted molar refractivity (Wildman–Crippen MR) is 66.6 cm³/mol. The Balaban J connectivity index is 2.30. The van der Waals surface area contributed by atoms with Gasteiger partial charge < -0.3 is 5.32 Å². The van der Waals surface area contributed by atoms with Crippen molar-refractivity contribution in [1.29, 1.82) is 0 Å². The molecule has 5 heteroatoms. The number of pyridine rings is 1. The van der Waals surface area contributed by atoms with Crippen molar-refractivity contribution in [2.45, 2.75) is 37.6 Å². The molecule has 0 aliphatic carbocycles. The fourth-order valence-electron chi connectivity index (χ4n) is 2.10. The SMILES string of the molecule is CC1C(c2ccc(F)cn2)NC(C)(C)CS1=O. The largest absolute Gasteiger partial charge is 0.302 e. The zero-order chi connectivity index (χ0) is 12.6. The second-order valence-electron chi connectivity index (χ2n) is 5.14. The van der Waals surface area contributed by atoms with Crippen molar-refractivity contribution in [3.8, 4) is 0 Å². The summed E-state index contributed by atoms with van der Waals surface area (Å²) in [6.45, 7) is 5.98. The summed E-state index contributed by atoms with van der Waals surface area (Å²) in [6, 6.07) is 2.96. The van der Waals surface area contributed by atoms with Crippen molar-refractivity contribution in [2.75, 3.05) is 5.75 Å². The molecule has 2 rings (SSSR count). The second kappa shape index (κ2) is 4.46. The molecule has 94 valence electrons. The third-order valence-corrected chi connectivity index (χ3v) is 5.11. The second-order valence-corrected chi connectivity index (χ2v) is 6.93. The molecule has 1 aliphatic rings. The van der Waals surface area contributed by atoms with Crippen LogP contribution in [0.25, 0.3) is 0 Å². The summed E-state index contributed by atoms with van der Waals surface area (Å²) in [5, 5.41) is 3.42. The first kappa shape index (κ1) is 12.6. The highest BCUT2D eigenvalue weighted by Gasteiger charge is 2.38. The molecule has 0 saturated carbocycles. The molecule has 1 aliphatic heterocycles. The van der Waals surface area contributed by atoms with Gasteiger partial charge in [-0.3, -0.25) is 9.19 Å². The van der Waals surface area contributed by atoms with Crippen molar-refractivity contribution in [2.24, 2.45) is 0 Å². The first-order valence-electron chi connectivity index (χ1n) is 5.65. The zero-order valence-electron chi connectivity index (χ0n) is 10.2. The standard InChI is InChI=1S/C12H17FN2OS/c1-8-11(10-5-4-9(13)6-14-10)15-12(2,3)7-17(8)16/h4-6,8,11,15H,7H2,1-3H3. The minimum absolute atomic E-state index is 0.0130. The molecule has 1 saturated heterocycles. The van der Waals surface area contributed by atoms with Crippen LogP contribution in [0, 0.1) is 5.82 Å². The molecular weight excluding hydrogens is 239 g/mol. The van der Waals surface area contributed by atoms with E-state index in [0.29, 0.717) is 5.75 Å². The zero-order valence-corrected chi connectivity index (χ0v) is 11.1. The van der Waals surface area contributed by atoms with Crippen LogP contribution in [0.1, 0.15) is 32.5 Å². The van der Waals surface area contributed by atoms with E-state index >= 15 is 0 Å². The summed E-state index contributed by atoms with van der Waals surface area (Å²) in [5.74, 6) is 0.281. The van der Waals surface area contributed by atoms with E-state index < -0.39 is 10.8 Å². The van der Waals surface area contributed by atoms with Gasteiger partial charge in [0.05, 0.1) is 23.2 Å². The quantitative estimate of drug-likeness (QED) is 0.833. The van der Waals surface area contributed by atoms with E-state index in [9.17, 15) is 8.60 Å². The van der Waals surface area contributed by atoms with E-state index in [1.807, 2.05) is 20.8 Å². The Kier molecular flexibility index (Phi) is 3.32. The van der Waals surface area contributed by atoms with Crippen LogP contribution in [0.5, 0.6) is 0 Å². The summed E-state index contributed by atoms with van der Waals surface area (Å²) in [4.78, 5) is 4.08. The molecule has 0 bridgehead atoms. The van der Waals surface area contributed by atoms with Crippen LogP contribution in [0.4, 0.5) is 4.39 Å². The lowest BCUT2D eigenvalue weighted by Gasteiger charge is -2.40. The Morgan fingerprint density at radius 2 is 2.24 bits per heavy atom. The number of hydrogen-bond acceptors (Lipinski definition) is 3. The highest BCUT2D eigenvalue weighted by molar-refractivity contribution is 7.85. The van der Waals surface area contributed by atoms with Gasteiger partial charge in [-0.25, -0.2) is 4.39 Å². The Labute approximate surface area is 103 Å². The molecule has 0 spiro atoms.